The fourth-order valence-corrected chi connectivity index (χ4v) is 3.20. The van der Waals surface area contributed by atoms with Crippen LogP contribution in [0.1, 0.15) is 24.8 Å². The molecule has 1 aromatic heterocycles. The van der Waals surface area contributed by atoms with E-state index in [0.717, 1.165) is 17.8 Å². The molecular formula is C12H17N5S. The van der Waals surface area contributed by atoms with E-state index >= 15 is 0 Å². The number of nitrogens with two attached hydrogens (primary N) is 1. The molecule has 2 aliphatic rings. The third kappa shape index (κ3) is 2.06. The number of nitrogens with one attached hydrogen (secondary N) is 1. The molecule has 2 atom stereocenters. The molecule has 0 amide bonds. The first kappa shape index (κ1) is 11.8. The third-order valence-corrected chi connectivity index (χ3v) is 4.13. The van der Waals surface area contributed by atoms with E-state index in [2.05, 4.69) is 20.2 Å². The molecule has 0 aliphatic carbocycles. The summed E-state index contributed by atoms with van der Waals surface area (Å²) in [6.07, 6.45) is 6.94. The fraction of sp³-hybridized carbons (Fsp3) is 0.583. The molecule has 3 N–H and O–H groups in total. The van der Waals surface area contributed by atoms with Gasteiger partial charge in [0.05, 0.1) is 5.56 Å². The van der Waals surface area contributed by atoms with Crippen molar-refractivity contribution >= 4 is 23.0 Å². The Balaban J connectivity index is 1.78. The van der Waals surface area contributed by atoms with E-state index in [1.807, 2.05) is 0 Å². The molecule has 96 valence electrons. The quantitative estimate of drug-likeness (QED) is 0.785. The zero-order chi connectivity index (χ0) is 12.5. The zero-order valence-corrected chi connectivity index (χ0v) is 11.0. The average Bonchev–Trinajstić information content (AvgIpc) is 2.94. The lowest BCUT2D eigenvalue weighted by Gasteiger charge is -2.22. The van der Waals surface area contributed by atoms with Crippen LogP contribution in [0.3, 0.4) is 0 Å². The molecule has 0 saturated carbocycles. The largest absolute Gasteiger partial charge is 0.389 e. The second kappa shape index (κ2) is 4.78. The first-order valence-corrected chi connectivity index (χ1v) is 6.77. The first-order chi connectivity index (χ1) is 8.75. The summed E-state index contributed by atoms with van der Waals surface area (Å²) in [5.41, 5.74) is 6.44. The van der Waals surface area contributed by atoms with E-state index < -0.39 is 0 Å². The standard InChI is InChI=1S/C12H17N5S/c13-11(18)8-6-14-7-15-12(8)16-9-3-5-17-4-1-2-10(9)17/h6-7,9-10H,1-5H2,(H2,13,18)(H,14,15,16). The molecule has 18 heavy (non-hydrogen) atoms. The maximum absolute atomic E-state index is 5.70. The van der Waals surface area contributed by atoms with Crippen LogP contribution in [-0.4, -0.2) is 45.0 Å². The SMILES string of the molecule is NC(=S)c1cncnc1NC1CCN2CCCC12. The fourth-order valence-electron chi connectivity index (χ4n) is 3.05. The van der Waals surface area contributed by atoms with Crippen LogP contribution in [0.5, 0.6) is 0 Å². The van der Waals surface area contributed by atoms with Crippen molar-refractivity contribution < 1.29 is 0 Å². The van der Waals surface area contributed by atoms with Crippen molar-refractivity contribution in [3.05, 3.63) is 18.1 Å². The molecule has 0 spiro atoms. The van der Waals surface area contributed by atoms with Crippen LogP contribution >= 0.6 is 12.2 Å². The van der Waals surface area contributed by atoms with Crippen molar-refractivity contribution in [3.8, 4) is 0 Å². The van der Waals surface area contributed by atoms with Gasteiger partial charge in [-0.1, -0.05) is 12.2 Å². The minimum atomic E-state index is 0.347. The van der Waals surface area contributed by atoms with Gasteiger partial charge in [0.2, 0.25) is 0 Å². The first-order valence-electron chi connectivity index (χ1n) is 6.36. The van der Waals surface area contributed by atoms with Crippen LogP contribution < -0.4 is 11.1 Å². The van der Waals surface area contributed by atoms with Gasteiger partial charge in [-0.25, -0.2) is 9.97 Å². The molecule has 1 aromatic rings. The van der Waals surface area contributed by atoms with Gasteiger partial charge in [0, 0.05) is 24.8 Å². The van der Waals surface area contributed by atoms with Crippen molar-refractivity contribution in [1.82, 2.24) is 14.9 Å². The zero-order valence-electron chi connectivity index (χ0n) is 10.2. The van der Waals surface area contributed by atoms with Crippen molar-refractivity contribution in [3.63, 3.8) is 0 Å². The van der Waals surface area contributed by atoms with Gasteiger partial charge in [0.1, 0.15) is 17.1 Å². The maximum Gasteiger partial charge on any atom is 0.139 e. The van der Waals surface area contributed by atoms with Crippen molar-refractivity contribution in [2.75, 3.05) is 18.4 Å². The summed E-state index contributed by atoms with van der Waals surface area (Å²) in [6, 6.07) is 1.09. The molecule has 2 aliphatic heterocycles. The number of aromatic nitrogens is 2. The number of fused-ring (bicyclic) bond motifs is 1. The number of hydrogen-bond donors (Lipinski definition) is 2. The molecule has 3 rings (SSSR count). The molecule has 2 fully saturated rings. The summed E-state index contributed by atoms with van der Waals surface area (Å²) in [7, 11) is 0. The topological polar surface area (TPSA) is 67.1 Å². The van der Waals surface area contributed by atoms with E-state index in [0.29, 0.717) is 17.1 Å². The summed E-state index contributed by atoms with van der Waals surface area (Å²) in [5.74, 6) is 0.774. The third-order valence-electron chi connectivity index (χ3n) is 3.91. The molecule has 0 aromatic carbocycles. The average molecular weight is 263 g/mol. The van der Waals surface area contributed by atoms with Crippen LogP contribution in [0.2, 0.25) is 0 Å². The van der Waals surface area contributed by atoms with Gasteiger partial charge in [-0.05, 0) is 25.8 Å². The predicted molar refractivity (Wildman–Crippen MR) is 74.5 cm³/mol. The Morgan fingerprint density at radius 1 is 1.44 bits per heavy atom. The number of hydrogen-bond acceptors (Lipinski definition) is 5. The molecule has 0 bridgehead atoms. The normalized spacial score (nSPS) is 27.1. The molecule has 6 heteroatoms. The maximum atomic E-state index is 5.70. The van der Waals surface area contributed by atoms with Gasteiger partial charge in [0.25, 0.3) is 0 Å². The number of rotatable bonds is 3. The Hall–Kier alpha value is -1.27. The van der Waals surface area contributed by atoms with Crippen LogP contribution in [-0.2, 0) is 0 Å². The van der Waals surface area contributed by atoms with Gasteiger partial charge >= 0.3 is 0 Å². The number of nitrogens with zero attached hydrogens (tertiary/aromatic N) is 3. The van der Waals surface area contributed by atoms with E-state index in [-0.39, 0.29) is 0 Å². The summed E-state index contributed by atoms with van der Waals surface area (Å²) in [5, 5.41) is 3.50. The lowest BCUT2D eigenvalue weighted by molar-refractivity contribution is 0.318. The van der Waals surface area contributed by atoms with E-state index in [1.54, 1.807) is 6.20 Å². The lowest BCUT2D eigenvalue weighted by atomic mass is 10.1. The Kier molecular flexibility index (Phi) is 3.13. The highest BCUT2D eigenvalue weighted by Gasteiger charge is 2.37. The van der Waals surface area contributed by atoms with E-state index in [4.69, 9.17) is 18.0 Å². The highest BCUT2D eigenvalue weighted by molar-refractivity contribution is 7.80. The molecule has 5 nitrogen and oxygen atoms in total. The highest BCUT2D eigenvalue weighted by atomic mass is 32.1. The van der Waals surface area contributed by atoms with Crippen LogP contribution in [0, 0.1) is 0 Å². The van der Waals surface area contributed by atoms with Crippen molar-refractivity contribution in [2.45, 2.75) is 31.3 Å². The summed E-state index contributed by atoms with van der Waals surface area (Å²) >= 11 is 5.03. The Morgan fingerprint density at radius 3 is 3.17 bits per heavy atom. The number of anilines is 1. The van der Waals surface area contributed by atoms with Crippen molar-refractivity contribution in [2.24, 2.45) is 5.73 Å². The molecule has 2 unspecified atom stereocenters. The summed E-state index contributed by atoms with van der Waals surface area (Å²) in [4.78, 5) is 11.1. The minimum Gasteiger partial charge on any atom is -0.389 e. The molecule has 2 saturated heterocycles. The summed E-state index contributed by atoms with van der Waals surface area (Å²) in [6.45, 7) is 2.41. The van der Waals surface area contributed by atoms with Gasteiger partial charge in [0.15, 0.2) is 0 Å². The molecule has 0 radical (unpaired) electrons. The molecule has 3 heterocycles. The predicted octanol–water partition coefficient (Wildman–Crippen LogP) is 0.759. The lowest BCUT2D eigenvalue weighted by Crippen LogP contribution is -2.34. The Bertz CT molecular complexity index is 464. The summed E-state index contributed by atoms with van der Waals surface area (Å²) < 4.78 is 0. The van der Waals surface area contributed by atoms with Crippen LogP contribution in [0.25, 0.3) is 0 Å². The number of thiocarbonyl (C=S) groups is 1. The smallest absolute Gasteiger partial charge is 0.139 e. The van der Waals surface area contributed by atoms with Crippen molar-refractivity contribution in [1.29, 1.82) is 0 Å². The van der Waals surface area contributed by atoms with E-state index in [1.165, 1.54) is 32.3 Å². The second-order valence-corrected chi connectivity index (χ2v) is 5.37. The Morgan fingerprint density at radius 2 is 2.33 bits per heavy atom. The second-order valence-electron chi connectivity index (χ2n) is 4.93. The Labute approximate surface area is 112 Å². The van der Waals surface area contributed by atoms with Gasteiger partial charge < -0.3 is 11.1 Å². The molecular weight excluding hydrogens is 246 g/mol. The van der Waals surface area contributed by atoms with Gasteiger partial charge in [-0.3, -0.25) is 4.90 Å². The highest BCUT2D eigenvalue weighted by Crippen LogP contribution is 2.30. The monoisotopic (exact) mass is 263 g/mol. The van der Waals surface area contributed by atoms with Gasteiger partial charge in [-0.15, -0.1) is 0 Å². The minimum absolute atomic E-state index is 0.347. The van der Waals surface area contributed by atoms with Crippen LogP contribution in [0.4, 0.5) is 5.82 Å². The van der Waals surface area contributed by atoms with E-state index in [9.17, 15) is 0 Å². The van der Waals surface area contributed by atoms with Crippen LogP contribution in [0.15, 0.2) is 12.5 Å². The van der Waals surface area contributed by atoms with Gasteiger partial charge in [-0.2, -0.15) is 0 Å².